The van der Waals surface area contributed by atoms with Gasteiger partial charge in [0.2, 0.25) is 0 Å². The molecule has 6 nitrogen and oxygen atoms in total. The minimum Gasteiger partial charge on any atom is -0.396 e. The Labute approximate surface area is 136 Å². The van der Waals surface area contributed by atoms with Crippen LogP contribution < -0.4 is 0 Å². The van der Waals surface area contributed by atoms with Crippen LogP contribution in [0.1, 0.15) is 28.2 Å². The molecule has 0 aliphatic heterocycles. The van der Waals surface area contributed by atoms with Crippen LogP contribution in [-0.4, -0.2) is 56.9 Å². The van der Waals surface area contributed by atoms with Gasteiger partial charge in [0.1, 0.15) is 5.82 Å². The summed E-state index contributed by atoms with van der Waals surface area (Å²) in [6, 6.07) is 7.49. The standard InChI is InChI=1S/C17H23N3O3/c1-13-12-15(17(23)19(9-11-22)8-5-10-21)14(2)20(13)16-6-3-4-7-18-16/h3-4,6-7,12,21-22H,5,8-11H2,1-2H3. The van der Waals surface area contributed by atoms with Crippen molar-refractivity contribution in [3.8, 4) is 5.82 Å². The van der Waals surface area contributed by atoms with Gasteiger partial charge in [-0.1, -0.05) is 6.07 Å². The van der Waals surface area contributed by atoms with Gasteiger partial charge in [-0.2, -0.15) is 0 Å². The monoisotopic (exact) mass is 317 g/mol. The van der Waals surface area contributed by atoms with Crippen LogP contribution in [0.25, 0.3) is 5.82 Å². The molecule has 0 aliphatic carbocycles. The van der Waals surface area contributed by atoms with Gasteiger partial charge in [0, 0.05) is 37.3 Å². The van der Waals surface area contributed by atoms with Crippen molar-refractivity contribution >= 4 is 5.91 Å². The van der Waals surface area contributed by atoms with Crippen LogP contribution in [0.4, 0.5) is 0 Å². The van der Waals surface area contributed by atoms with Crippen molar-refractivity contribution in [1.82, 2.24) is 14.5 Å². The summed E-state index contributed by atoms with van der Waals surface area (Å²) in [6.45, 7) is 4.41. The number of hydrogen-bond donors (Lipinski definition) is 2. The lowest BCUT2D eigenvalue weighted by molar-refractivity contribution is 0.0709. The lowest BCUT2D eigenvalue weighted by atomic mass is 10.2. The molecule has 23 heavy (non-hydrogen) atoms. The van der Waals surface area contributed by atoms with Crippen LogP contribution in [0.5, 0.6) is 0 Å². The average molecular weight is 317 g/mol. The number of aryl methyl sites for hydroxylation is 1. The fraction of sp³-hybridized carbons (Fsp3) is 0.412. The molecule has 124 valence electrons. The molecule has 0 spiro atoms. The van der Waals surface area contributed by atoms with E-state index in [2.05, 4.69) is 4.98 Å². The molecule has 0 saturated heterocycles. The molecule has 1 amide bonds. The summed E-state index contributed by atoms with van der Waals surface area (Å²) in [6.07, 6.45) is 2.21. The molecule has 0 atom stereocenters. The number of carbonyl (C=O) groups excluding carboxylic acids is 1. The minimum atomic E-state index is -0.136. The summed E-state index contributed by atoms with van der Waals surface area (Å²) in [5.74, 6) is 0.633. The maximum absolute atomic E-state index is 12.8. The van der Waals surface area contributed by atoms with Crippen molar-refractivity contribution in [2.75, 3.05) is 26.3 Å². The van der Waals surface area contributed by atoms with Crippen molar-refractivity contribution in [3.05, 3.63) is 47.4 Å². The van der Waals surface area contributed by atoms with E-state index in [1.807, 2.05) is 42.7 Å². The van der Waals surface area contributed by atoms with Crippen molar-refractivity contribution in [3.63, 3.8) is 0 Å². The van der Waals surface area contributed by atoms with Crippen molar-refractivity contribution in [1.29, 1.82) is 0 Å². The molecule has 2 rings (SSSR count). The number of nitrogens with zero attached hydrogens (tertiary/aromatic N) is 3. The molecule has 2 aromatic rings. The summed E-state index contributed by atoms with van der Waals surface area (Å²) < 4.78 is 1.94. The fourth-order valence-corrected chi connectivity index (χ4v) is 2.69. The normalized spacial score (nSPS) is 10.8. The number of pyridine rings is 1. The van der Waals surface area contributed by atoms with Crippen LogP contribution in [0.2, 0.25) is 0 Å². The van der Waals surface area contributed by atoms with E-state index >= 15 is 0 Å². The van der Waals surface area contributed by atoms with Gasteiger partial charge in [-0.25, -0.2) is 4.98 Å². The summed E-state index contributed by atoms with van der Waals surface area (Å²) in [5.41, 5.74) is 2.34. The molecule has 2 heterocycles. The molecule has 0 aliphatic rings. The highest BCUT2D eigenvalue weighted by molar-refractivity contribution is 5.96. The van der Waals surface area contributed by atoms with Crippen LogP contribution in [0.15, 0.2) is 30.5 Å². The van der Waals surface area contributed by atoms with Gasteiger partial charge in [0.15, 0.2) is 0 Å². The second kappa shape index (κ2) is 7.89. The molecule has 2 aromatic heterocycles. The lowest BCUT2D eigenvalue weighted by Crippen LogP contribution is -2.35. The number of aliphatic hydroxyl groups is 2. The Balaban J connectivity index is 2.34. The Morgan fingerprint density at radius 3 is 2.61 bits per heavy atom. The summed E-state index contributed by atoms with van der Waals surface area (Å²) >= 11 is 0. The predicted molar refractivity (Wildman–Crippen MR) is 87.7 cm³/mol. The van der Waals surface area contributed by atoms with Crippen molar-refractivity contribution in [2.45, 2.75) is 20.3 Å². The third-order valence-corrected chi connectivity index (χ3v) is 3.78. The highest BCUT2D eigenvalue weighted by atomic mass is 16.3. The largest absolute Gasteiger partial charge is 0.396 e. The third kappa shape index (κ3) is 3.78. The Morgan fingerprint density at radius 2 is 2.00 bits per heavy atom. The molecule has 0 saturated carbocycles. The molecule has 0 radical (unpaired) electrons. The highest BCUT2D eigenvalue weighted by Gasteiger charge is 2.21. The first-order chi connectivity index (χ1) is 11.1. The fourth-order valence-electron chi connectivity index (χ4n) is 2.69. The Kier molecular flexibility index (Phi) is 5.90. The summed E-state index contributed by atoms with van der Waals surface area (Å²) in [5, 5.41) is 18.1. The Bertz CT molecular complexity index is 653. The van der Waals surface area contributed by atoms with E-state index in [-0.39, 0.29) is 25.7 Å². The molecule has 6 heteroatoms. The molecule has 0 bridgehead atoms. The van der Waals surface area contributed by atoms with Gasteiger partial charge in [0.25, 0.3) is 5.91 Å². The molecule has 0 aromatic carbocycles. The zero-order chi connectivity index (χ0) is 16.8. The van der Waals surface area contributed by atoms with Gasteiger partial charge >= 0.3 is 0 Å². The van der Waals surface area contributed by atoms with Crippen LogP contribution in [0.3, 0.4) is 0 Å². The number of aliphatic hydroxyl groups excluding tert-OH is 2. The number of carbonyl (C=O) groups is 1. The zero-order valence-electron chi connectivity index (χ0n) is 13.6. The maximum atomic E-state index is 12.8. The predicted octanol–water partition coefficient (Wildman–Crippen LogP) is 1.31. The van der Waals surface area contributed by atoms with E-state index in [1.54, 1.807) is 11.1 Å². The third-order valence-electron chi connectivity index (χ3n) is 3.78. The average Bonchev–Trinajstić information content (AvgIpc) is 2.86. The topological polar surface area (TPSA) is 78.6 Å². The minimum absolute atomic E-state index is 0.0160. The highest BCUT2D eigenvalue weighted by Crippen LogP contribution is 2.21. The summed E-state index contributed by atoms with van der Waals surface area (Å²) in [7, 11) is 0. The van der Waals surface area contributed by atoms with E-state index < -0.39 is 0 Å². The molecule has 0 fully saturated rings. The number of amides is 1. The van der Waals surface area contributed by atoms with Gasteiger partial charge < -0.3 is 19.7 Å². The first-order valence-electron chi connectivity index (χ1n) is 7.71. The smallest absolute Gasteiger partial charge is 0.255 e. The van der Waals surface area contributed by atoms with Crippen LogP contribution in [0, 0.1) is 13.8 Å². The van der Waals surface area contributed by atoms with Gasteiger partial charge in [-0.05, 0) is 38.5 Å². The molecule has 2 N–H and O–H groups in total. The van der Waals surface area contributed by atoms with E-state index in [9.17, 15) is 4.79 Å². The maximum Gasteiger partial charge on any atom is 0.255 e. The first-order valence-corrected chi connectivity index (χ1v) is 7.71. The number of aromatic nitrogens is 2. The SMILES string of the molecule is Cc1cc(C(=O)N(CCO)CCCO)c(C)n1-c1ccccn1. The van der Waals surface area contributed by atoms with Crippen LogP contribution in [-0.2, 0) is 0 Å². The van der Waals surface area contributed by atoms with E-state index in [0.29, 0.717) is 18.5 Å². The first kappa shape index (κ1) is 17.2. The van der Waals surface area contributed by atoms with E-state index in [0.717, 1.165) is 17.2 Å². The molecular formula is C17H23N3O3. The zero-order valence-corrected chi connectivity index (χ0v) is 13.6. The quantitative estimate of drug-likeness (QED) is 0.807. The van der Waals surface area contributed by atoms with Crippen molar-refractivity contribution in [2.24, 2.45) is 0 Å². The summed E-state index contributed by atoms with van der Waals surface area (Å²) in [4.78, 5) is 18.7. The second-order valence-corrected chi connectivity index (χ2v) is 5.40. The number of hydrogen-bond acceptors (Lipinski definition) is 4. The van der Waals surface area contributed by atoms with Crippen LogP contribution >= 0.6 is 0 Å². The van der Waals surface area contributed by atoms with Gasteiger partial charge in [-0.3, -0.25) is 4.79 Å². The molecule has 0 unspecified atom stereocenters. The number of rotatable bonds is 7. The Hall–Kier alpha value is -2.18. The van der Waals surface area contributed by atoms with Crippen molar-refractivity contribution < 1.29 is 15.0 Å². The van der Waals surface area contributed by atoms with Gasteiger partial charge in [-0.15, -0.1) is 0 Å². The van der Waals surface area contributed by atoms with Gasteiger partial charge in [0.05, 0.1) is 12.2 Å². The second-order valence-electron chi connectivity index (χ2n) is 5.40. The Morgan fingerprint density at radius 1 is 1.22 bits per heavy atom. The van der Waals surface area contributed by atoms with E-state index in [1.165, 1.54) is 0 Å². The molecular weight excluding hydrogens is 294 g/mol. The lowest BCUT2D eigenvalue weighted by Gasteiger charge is -2.21. The van der Waals surface area contributed by atoms with E-state index in [4.69, 9.17) is 10.2 Å².